The zero-order chi connectivity index (χ0) is 19.8. The lowest BCUT2D eigenvalue weighted by Gasteiger charge is -2.20. The third-order valence-corrected chi connectivity index (χ3v) is 4.95. The van der Waals surface area contributed by atoms with Crippen molar-refractivity contribution in [1.82, 2.24) is 15.5 Å². The number of hydrogen-bond acceptors (Lipinski definition) is 3. The third-order valence-electron chi connectivity index (χ3n) is 4.95. The Morgan fingerprint density at radius 3 is 2.59 bits per heavy atom. The van der Waals surface area contributed by atoms with Crippen molar-refractivity contribution in [1.29, 1.82) is 0 Å². The van der Waals surface area contributed by atoms with E-state index >= 15 is 0 Å². The maximum absolute atomic E-state index is 12.1. The molecule has 6 nitrogen and oxygen atoms in total. The molecule has 1 aliphatic rings. The summed E-state index contributed by atoms with van der Waals surface area (Å²) in [6.45, 7) is 6.37. The van der Waals surface area contributed by atoms with Gasteiger partial charge in [0.15, 0.2) is 5.96 Å². The molecule has 1 unspecified atom stereocenters. The zero-order valence-corrected chi connectivity index (χ0v) is 17.5. The molecule has 0 saturated carbocycles. The van der Waals surface area contributed by atoms with Crippen LogP contribution in [0.2, 0.25) is 0 Å². The first-order valence-electron chi connectivity index (χ1n) is 9.93. The molecule has 1 aromatic carbocycles. The van der Waals surface area contributed by atoms with Gasteiger partial charge in [0.05, 0.1) is 0 Å². The first-order valence-corrected chi connectivity index (χ1v) is 9.93. The predicted octanol–water partition coefficient (Wildman–Crippen LogP) is 2.11. The van der Waals surface area contributed by atoms with Crippen molar-refractivity contribution in [3.63, 3.8) is 0 Å². The predicted molar refractivity (Wildman–Crippen MR) is 113 cm³/mol. The number of likely N-dealkylation sites (tertiary alicyclic amines) is 1. The number of benzene rings is 1. The Kier molecular flexibility index (Phi) is 7.95. The Morgan fingerprint density at radius 2 is 2.00 bits per heavy atom. The minimum Gasteiger partial charge on any atom is -0.378 e. The Bertz CT molecular complexity index is 624. The fraction of sp³-hybridized carbons (Fsp3) is 0.619. The van der Waals surface area contributed by atoms with Crippen LogP contribution in [0.25, 0.3) is 0 Å². The summed E-state index contributed by atoms with van der Waals surface area (Å²) >= 11 is 0. The second kappa shape index (κ2) is 10.2. The van der Waals surface area contributed by atoms with Crippen LogP contribution in [0.4, 0.5) is 5.69 Å². The highest BCUT2D eigenvalue weighted by Crippen LogP contribution is 2.14. The van der Waals surface area contributed by atoms with E-state index in [-0.39, 0.29) is 17.9 Å². The second-order valence-electron chi connectivity index (χ2n) is 7.73. The standard InChI is InChI=1S/C21H35N5O/c1-16(2)20(27)26-14-12-18(15-26)24-21(22-3)23-13-6-7-17-8-10-19(11-9-17)25(4)5/h8-11,16,18H,6-7,12-15H2,1-5H3,(H2,22,23,24). The molecule has 1 heterocycles. The molecule has 0 aliphatic carbocycles. The van der Waals surface area contributed by atoms with Gasteiger partial charge in [-0.3, -0.25) is 9.79 Å². The summed E-state index contributed by atoms with van der Waals surface area (Å²) in [4.78, 5) is 20.5. The normalized spacial score (nSPS) is 17.3. The van der Waals surface area contributed by atoms with Gasteiger partial charge in [-0.2, -0.15) is 0 Å². The second-order valence-corrected chi connectivity index (χ2v) is 7.73. The van der Waals surface area contributed by atoms with E-state index in [2.05, 4.69) is 58.9 Å². The summed E-state index contributed by atoms with van der Waals surface area (Å²) < 4.78 is 0. The van der Waals surface area contributed by atoms with E-state index in [1.54, 1.807) is 7.05 Å². The molecule has 0 aromatic heterocycles. The number of aliphatic imine (C=N–C) groups is 1. The SMILES string of the molecule is CN=C(NCCCc1ccc(N(C)C)cc1)NC1CCN(C(=O)C(C)C)C1. The van der Waals surface area contributed by atoms with Crippen LogP contribution in [0.15, 0.2) is 29.3 Å². The lowest BCUT2D eigenvalue weighted by Crippen LogP contribution is -2.45. The van der Waals surface area contributed by atoms with Crippen molar-refractivity contribution in [3.8, 4) is 0 Å². The van der Waals surface area contributed by atoms with Gasteiger partial charge < -0.3 is 20.4 Å². The monoisotopic (exact) mass is 373 g/mol. The zero-order valence-electron chi connectivity index (χ0n) is 17.5. The lowest BCUT2D eigenvalue weighted by atomic mass is 10.1. The number of nitrogens with zero attached hydrogens (tertiary/aromatic N) is 3. The van der Waals surface area contributed by atoms with Crippen molar-refractivity contribution in [2.75, 3.05) is 45.7 Å². The summed E-state index contributed by atoms with van der Waals surface area (Å²) in [5.74, 6) is 1.12. The largest absolute Gasteiger partial charge is 0.378 e. The van der Waals surface area contributed by atoms with E-state index in [9.17, 15) is 4.79 Å². The number of rotatable bonds is 7. The molecule has 0 spiro atoms. The highest BCUT2D eigenvalue weighted by molar-refractivity contribution is 5.81. The fourth-order valence-electron chi connectivity index (χ4n) is 3.29. The maximum atomic E-state index is 12.1. The molecule has 2 rings (SSSR count). The van der Waals surface area contributed by atoms with Gasteiger partial charge in [-0.15, -0.1) is 0 Å². The van der Waals surface area contributed by atoms with E-state index in [4.69, 9.17) is 0 Å². The van der Waals surface area contributed by atoms with Crippen LogP contribution in [-0.4, -0.2) is 63.6 Å². The van der Waals surface area contributed by atoms with Gasteiger partial charge in [0.25, 0.3) is 0 Å². The highest BCUT2D eigenvalue weighted by Gasteiger charge is 2.27. The van der Waals surface area contributed by atoms with E-state index < -0.39 is 0 Å². The minimum atomic E-state index is 0.0629. The summed E-state index contributed by atoms with van der Waals surface area (Å²) in [5, 5.41) is 6.84. The minimum absolute atomic E-state index is 0.0629. The first-order chi connectivity index (χ1) is 12.9. The molecule has 150 valence electrons. The van der Waals surface area contributed by atoms with Crippen molar-refractivity contribution in [2.45, 2.75) is 39.2 Å². The van der Waals surface area contributed by atoms with Crippen molar-refractivity contribution in [3.05, 3.63) is 29.8 Å². The average molecular weight is 374 g/mol. The number of nitrogens with one attached hydrogen (secondary N) is 2. The van der Waals surface area contributed by atoms with Crippen molar-refractivity contribution >= 4 is 17.6 Å². The van der Waals surface area contributed by atoms with Gasteiger partial charge in [0, 0.05) is 58.4 Å². The summed E-state index contributed by atoms with van der Waals surface area (Å²) in [7, 11) is 5.90. The highest BCUT2D eigenvalue weighted by atomic mass is 16.2. The molecule has 0 radical (unpaired) electrons. The molecule has 1 fully saturated rings. The molecule has 2 N–H and O–H groups in total. The van der Waals surface area contributed by atoms with Crippen LogP contribution < -0.4 is 15.5 Å². The molecule has 27 heavy (non-hydrogen) atoms. The molecule has 1 aliphatic heterocycles. The Morgan fingerprint density at radius 1 is 1.30 bits per heavy atom. The number of hydrogen-bond donors (Lipinski definition) is 2. The average Bonchev–Trinajstić information content (AvgIpc) is 3.12. The quantitative estimate of drug-likeness (QED) is 0.437. The van der Waals surface area contributed by atoms with Crippen LogP contribution in [-0.2, 0) is 11.2 Å². The van der Waals surface area contributed by atoms with Crippen molar-refractivity contribution < 1.29 is 4.79 Å². The summed E-state index contributed by atoms with van der Waals surface area (Å²) in [5.41, 5.74) is 2.58. The van der Waals surface area contributed by atoms with Gasteiger partial charge in [-0.05, 0) is 37.0 Å². The number of guanidine groups is 1. The van der Waals surface area contributed by atoms with Gasteiger partial charge in [-0.25, -0.2) is 0 Å². The smallest absolute Gasteiger partial charge is 0.225 e. The number of anilines is 1. The topological polar surface area (TPSA) is 60.0 Å². The summed E-state index contributed by atoms with van der Waals surface area (Å²) in [6.07, 6.45) is 3.06. The molecule has 1 amide bonds. The maximum Gasteiger partial charge on any atom is 0.225 e. The number of carbonyl (C=O) groups excluding carboxylic acids is 1. The molecule has 1 aromatic rings. The molecular formula is C21H35N5O. The van der Waals surface area contributed by atoms with Gasteiger partial charge >= 0.3 is 0 Å². The van der Waals surface area contributed by atoms with Crippen LogP contribution in [0.3, 0.4) is 0 Å². The molecule has 0 bridgehead atoms. The molecule has 1 saturated heterocycles. The van der Waals surface area contributed by atoms with E-state index in [0.717, 1.165) is 44.9 Å². The van der Waals surface area contributed by atoms with Crippen molar-refractivity contribution in [2.24, 2.45) is 10.9 Å². The Hall–Kier alpha value is -2.24. The van der Waals surface area contributed by atoms with Gasteiger partial charge in [-0.1, -0.05) is 26.0 Å². The number of aryl methyl sites for hydroxylation is 1. The van der Waals surface area contributed by atoms with Crippen LogP contribution in [0.5, 0.6) is 0 Å². The Balaban J connectivity index is 1.69. The lowest BCUT2D eigenvalue weighted by molar-refractivity contribution is -0.133. The van der Waals surface area contributed by atoms with Crippen LogP contribution in [0, 0.1) is 5.92 Å². The fourth-order valence-corrected chi connectivity index (χ4v) is 3.29. The van der Waals surface area contributed by atoms with Crippen LogP contribution in [0.1, 0.15) is 32.3 Å². The first kappa shape index (κ1) is 21.1. The van der Waals surface area contributed by atoms with Gasteiger partial charge in [0.1, 0.15) is 0 Å². The van der Waals surface area contributed by atoms with Gasteiger partial charge in [0.2, 0.25) is 5.91 Å². The molecule has 6 heteroatoms. The molecule has 1 atom stereocenters. The van der Waals surface area contributed by atoms with Crippen LogP contribution >= 0.6 is 0 Å². The van der Waals surface area contributed by atoms with E-state index in [1.807, 2.05) is 18.7 Å². The summed E-state index contributed by atoms with van der Waals surface area (Å²) in [6, 6.07) is 8.99. The number of carbonyl (C=O) groups is 1. The van der Waals surface area contributed by atoms with E-state index in [0.29, 0.717) is 0 Å². The Labute approximate surface area is 164 Å². The number of amides is 1. The molecular weight excluding hydrogens is 338 g/mol. The third kappa shape index (κ3) is 6.45. The van der Waals surface area contributed by atoms with E-state index in [1.165, 1.54) is 11.3 Å².